The van der Waals surface area contributed by atoms with Crippen LogP contribution in [-0.4, -0.2) is 12.9 Å². The highest BCUT2D eigenvalue weighted by Gasteiger charge is 2.11. The number of hydrogen-bond donors (Lipinski definition) is 1. The van der Waals surface area contributed by atoms with Crippen LogP contribution in [0.3, 0.4) is 0 Å². The van der Waals surface area contributed by atoms with Crippen LogP contribution in [0.4, 0.5) is 5.69 Å². The second-order valence-electron chi connectivity index (χ2n) is 4.33. The quantitative estimate of drug-likeness (QED) is 0.674. The molecule has 3 nitrogen and oxygen atoms in total. The van der Waals surface area contributed by atoms with E-state index >= 15 is 0 Å². The highest BCUT2D eigenvalue weighted by atomic mass is 16.5. The van der Waals surface area contributed by atoms with Gasteiger partial charge in [0.25, 0.3) is 0 Å². The fraction of sp³-hybridized carbons (Fsp3) is 0.188. The van der Waals surface area contributed by atoms with Gasteiger partial charge in [0.1, 0.15) is 5.75 Å². The van der Waals surface area contributed by atoms with Gasteiger partial charge in [0.05, 0.1) is 7.11 Å². The standard InChI is InChI=1S/C16H17NO2/c1-3-11-9-13(7-8-15(11)19-2)16(18)12-5-4-6-14(17)10-12/h4-10H,3,17H2,1-2H3. The normalized spacial score (nSPS) is 10.2. The number of nitrogens with two attached hydrogens (primary N) is 1. The number of hydrogen-bond acceptors (Lipinski definition) is 3. The summed E-state index contributed by atoms with van der Waals surface area (Å²) in [6, 6.07) is 12.5. The van der Waals surface area contributed by atoms with Crippen molar-refractivity contribution in [2.24, 2.45) is 0 Å². The Kier molecular flexibility index (Phi) is 3.85. The van der Waals surface area contributed by atoms with E-state index in [-0.39, 0.29) is 5.78 Å². The van der Waals surface area contributed by atoms with Crippen molar-refractivity contribution in [3.05, 3.63) is 59.2 Å². The first-order chi connectivity index (χ1) is 9.15. The maximum absolute atomic E-state index is 12.4. The molecule has 19 heavy (non-hydrogen) atoms. The largest absolute Gasteiger partial charge is 0.496 e. The molecule has 0 saturated carbocycles. The Morgan fingerprint density at radius 1 is 1.16 bits per heavy atom. The number of ether oxygens (including phenoxy) is 1. The lowest BCUT2D eigenvalue weighted by Gasteiger charge is -2.09. The molecule has 2 rings (SSSR count). The van der Waals surface area contributed by atoms with E-state index in [0.29, 0.717) is 16.8 Å². The molecule has 0 aliphatic carbocycles. The highest BCUT2D eigenvalue weighted by Crippen LogP contribution is 2.22. The molecule has 2 N–H and O–H groups in total. The number of carbonyl (C=O) groups is 1. The van der Waals surface area contributed by atoms with Crippen molar-refractivity contribution in [3.8, 4) is 5.75 Å². The summed E-state index contributed by atoms with van der Waals surface area (Å²) in [6.45, 7) is 2.03. The number of carbonyl (C=O) groups excluding carboxylic acids is 1. The van der Waals surface area contributed by atoms with Gasteiger partial charge in [-0.2, -0.15) is 0 Å². The van der Waals surface area contributed by atoms with Crippen molar-refractivity contribution >= 4 is 11.5 Å². The lowest BCUT2D eigenvalue weighted by Crippen LogP contribution is -2.03. The summed E-state index contributed by atoms with van der Waals surface area (Å²) >= 11 is 0. The minimum absolute atomic E-state index is 0.0235. The number of aryl methyl sites for hydroxylation is 1. The van der Waals surface area contributed by atoms with Gasteiger partial charge in [-0.25, -0.2) is 0 Å². The number of rotatable bonds is 4. The van der Waals surface area contributed by atoms with Crippen molar-refractivity contribution < 1.29 is 9.53 Å². The number of methoxy groups -OCH3 is 1. The van der Waals surface area contributed by atoms with Crippen LogP contribution in [0, 0.1) is 0 Å². The first-order valence-electron chi connectivity index (χ1n) is 6.23. The maximum Gasteiger partial charge on any atom is 0.193 e. The van der Waals surface area contributed by atoms with E-state index < -0.39 is 0 Å². The van der Waals surface area contributed by atoms with E-state index in [0.717, 1.165) is 17.7 Å². The summed E-state index contributed by atoms with van der Waals surface area (Å²) in [7, 11) is 1.63. The Morgan fingerprint density at radius 2 is 1.89 bits per heavy atom. The summed E-state index contributed by atoms with van der Waals surface area (Å²) in [6.07, 6.45) is 0.821. The predicted molar refractivity (Wildman–Crippen MR) is 76.7 cm³/mol. The summed E-state index contributed by atoms with van der Waals surface area (Å²) in [5.74, 6) is 0.788. The Morgan fingerprint density at radius 3 is 2.53 bits per heavy atom. The van der Waals surface area contributed by atoms with Crippen molar-refractivity contribution in [1.29, 1.82) is 0 Å². The first kappa shape index (κ1) is 13.1. The van der Waals surface area contributed by atoms with Crippen molar-refractivity contribution in [3.63, 3.8) is 0 Å². The fourth-order valence-corrected chi connectivity index (χ4v) is 2.04. The molecule has 0 amide bonds. The van der Waals surface area contributed by atoms with Crippen LogP contribution in [0.15, 0.2) is 42.5 Å². The summed E-state index contributed by atoms with van der Waals surface area (Å²) < 4.78 is 5.26. The van der Waals surface area contributed by atoms with Crippen molar-refractivity contribution in [1.82, 2.24) is 0 Å². The molecule has 0 atom stereocenters. The van der Waals surface area contributed by atoms with Gasteiger partial charge in [0.15, 0.2) is 5.78 Å². The lowest BCUT2D eigenvalue weighted by molar-refractivity contribution is 0.103. The van der Waals surface area contributed by atoms with Gasteiger partial charge < -0.3 is 10.5 Å². The first-order valence-corrected chi connectivity index (χ1v) is 6.23. The van der Waals surface area contributed by atoms with Crippen LogP contribution in [0.5, 0.6) is 5.75 Å². The Hall–Kier alpha value is -2.29. The van der Waals surface area contributed by atoms with Crippen LogP contribution in [0.1, 0.15) is 28.4 Å². The molecule has 0 aliphatic rings. The minimum Gasteiger partial charge on any atom is -0.496 e. The molecule has 0 fully saturated rings. The molecule has 0 aromatic heterocycles. The SMILES string of the molecule is CCc1cc(C(=O)c2cccc(N)c2)ccc1OC. The molecule has 0 radical (unpaired) electrons. The van der Waals surface area contributed by atoms with E-state index in [1.165, 1.54) is 0 Å². The molecule has 0 spiro atoms. The zero-order valence-corrected chi connectivity index (χ0v) is 11.1. The van der Waals surface area contributed by atoms with Gasteiger partial charge in [0, 0.05) is 16.8 Å². The molecular formula is C16H17NO2. The lowest BCUT2D eigenvalue weighted by atomic mass is 9.99. The van der Waals surface area contributed by atoms with E-state index in [4.69, 9.17) is 10.5 Å². The van der Waals surface area contributed by atoms with Crippen LogP contribution < -0.4 is 10.5 Å². The third-order valence-corrected chi connectivity index (χ3v) is 3.07. The van der Waals surface area contributed by atoms with Gasteiger partial charge in [-0.3, -0.25) is 4.79 Å². The third kappa shape index (κ3) is 2.76. The maximum atomic E-state index is 12.4. The fourth-order valence-electron chi connectivity index (χ4n) is 2.04. The smallest absolute Gasteiger partial charge is 0.193 e. The zero-order valence-electron chi connectivity index (χ0n) is 11.1. The number of benzene rings is 2. The Balaban J connectivity index is 2.39. The second-order valence-corrected chi connectivity index (χ2v) is 4.33. The summed E-state index contributed by atoms with van der Waals surface area (Å²) in [5, 5.41) is 0. The average Bonchev–Trinajstić information content (AvgIpc) is 2.45. The van der Waals surface area contributed by atoms with Gasteiger partial charge >= 0.3 is 0 Å². The van der Waals surface area contributed by atoms with Gasteiger partial charge in [-0.15, -0.1) is 0 Å². The molecular weight excluding hydrogens is 238 g/mol. The average molecular weight is 255 g/mol. The second kappa shape index (κ2) is 5.57. The molecule has 0 aliphatic heterocycles. The van der Waals surface area contributed by atoms with Crippen molar-refractivity contribution in [2.75, 3.05) is 12.8 Å². The molecule has 0 heterocycles. The summed E-state index contributed by atoms with van der Waals surface area (Å²) in [5.41, 5.74) is 8.58. The Labute approximate surface area is 113 Å². The highest BCUT2D eigenvalue weighted by molar-refractivity contribution is 6.09. The number of nitrogen functional groups attached to an aromatic ring is 1. The van der Waals surface area contributed by atoms with Gasteiger partial charge in [-0.05, 0) is 42.3 Å². The monoisotopic (exact) mass is 255 g/mol. The van der Waals surface area contributed by atoms with Crippen LogP contribution >= 0.6 is 0 Å². The Bertz CT molecular complexity index is 605. The van der Waals surface area contributed by atoms with Gasteiger partial charge in [0.2, 0.25) is 0 Å². The molecule has 98 valence electrons. The number of ketones is 1. The zero-order chi connectivity index (χ0) is 13.8. The van der Waals surface area contributed by atoms with Crippen LogP contribution in [-0.2, 0) is 6.42 Å². The molecule has 2 aromatic rings. The molecule has 0 unspecified atom stereocenters. The van der Waals surface area contributed by atoms with Crippen LogP contribution in [0.2, 0.25) is 0 Å². The van der Waals surface area contributed by atoms with Crippen molar-refractivity contribution in [2.45, 2.75) is 13.3 Å². The van der Waals surface area contributed by atoms with Crippen LogP contribution in [0.25, 0.3) is 0 Å². The third-order valence-electron chi connectivity index (χ3n) is 3.07. The van der Waals surface area contributed by atoms with E-state index in [2.05, 4.69) is 0 Å². The van der Waals surface area contributed by atoms with E-state index in [1.54, 1.807) is 37.4 Å². The van der Waals surface area contributed by atoms with E-state index in [9.17, 15) is 4.79 Å². The molecule has 0 bridgehead atoms. The van der Waals surface area contributed by atoms with E-state index in [1.807, 2.05) is 19.1 Å². The molecule has 3 heteroatoms. The molecule has 0 saturated heterocycles. The summed E-state index contributed by atoms with van der Waals surface area (Å²) in [4.78, 5) is 12.4. The number of anilines is 1. The predicted octanol–water partition coefficient (Wildman–Crippen LogP) is 3.07. The minimum atomic E-state index is -0.0235. The topological polar surface area (TPSA) is 52.3 Å². The molecule has 2 aromatic carbocycles. The van der Waals surface area contributed by atoms with Gasteiger partial charge in [-0.1, -0.05) is 19.1 Å².